The number of carbonyl (C=O) groups excluding carboxylic acids is 1. The summed E-state index contributed by atoms with van der Waals surface area (Å²) in [5.41, 5.74) is -0.232. The summed E-state index contributed by atoms with van der Waals surface area (Å²) in [4.78, 5) is 11.2. The van der Waals surface area contributed by atoms with Gasteiger partial charge in [0, 0.05) is 11.8 Å². The van der Waals surface area contributed by atoms with Gasteiger partial charge in [-0.2, -0.15) is 13.2 Å². The standard InChI is InChI=1S/C13H12ClF3O/c1-12(2)9(10(12)11(14)18)7-3-5-8(6-4-7)13(15,16)17/h3-6,9-10H,1-2H3. The van der Waals surface area contributed by atoms with E-state index in [2.05, 4.69) is 0 Å². The first-order valence-corrected chi connectivity index (χ1v) is 5.90. The molecule has 5 heteroatoms. The van der Waals surface area contributed by atoms with Gasteiger partial charge in [-0.25, -0.2) is 0 Å². The lowest BCUT2D eigenvalue weighted by Crippen LogP contribution is -2.04. The molecule has 18 heavy (non-hydrogen) atoms. The van der Waals surface area contributed by atoms with E-state index in [0.29, 0.717) is 0 Å². The second-order valence-corrected chi connectivity index (χ2v) is 5.57. The molecule has 2 atom stereocenters. The van der Waals surface area contributed by atoms with Crippen LogP contribution in [0.5, 0.6) is 0 Å². The van der Waals surface area contributed by atoms with Gasteiger partial charge in [0.05, 0.1) is 5.56 Å². The molecular weight excluding hydrogens is 265 g/mol. The van der Waals surface area contributed by atoms with Gasteiger partial charge < -0.3 is 0 Å². The van der Waals surface area contributed by atoms with E-state index in [1.165, 1.54) is 12.1 Å². The molecule has 0 radical (unpaired) electrons. The van der Waals surface area contributed by atoms with Gasteiger partial charge in [0.15, 0.2) is 0 Å². The molecule has 2 unspecified atom stereocenters. The molecule has 0 N–H and O–H groups in total. The van der Waals surface area contributed by atoms with Gasteiger partial charge in [0.25, 0.3) is 0 Å². The Balaban J connectivity index is 2.25. The highest BCUT2D eigenvalue weighted by molar-refractivity contribution is 6.64. The Bertz CT molecular complexity index is 476. The van der Waals surface area contributed by atoms with E-state index in [1.807, 2.05) is 13.8 Å². The van der Waals surface area contributed by atoms with E-state index < -0.39 is 17.0 Å². The monoisotopic (exact) mass is 276 g/mol. The molecule has 1 nitrogen and oxygen atoms in total. The molecule has 0 aliphatic heterocycles. The zero-order chi connectivity index (χ0) is 13.7. The number of halogens is 4. The molecule has 1 saturated carbocycles. The average molecular weight is 277 g/mol. The maximum atomic E-state index is 12.4. The highest BCUT2D eigenvalue weighted by Gasteiger charge is 2.61. The zero-order valence-electron chi connectivity index (χ0n) is 9.88. The van der Waals surface area contributed by atoms with E-state index in [1.54, 1.807) is 0 Å². The van der Waals surface area contributed by atoms with Crippen molar-refractivity contribution in [3.05, 3.63) is 35.4 Å². The second kappa shape index (κ2) is 3.98. The summed E-state index contributed by atoms with van der Waals surface area (Å²) in [7, 11) is 0. The zero-order valence-corrected chi connectivity index (χ0v) is 10.6. The topological polar surface area (TPSA) is 17.1 Å². The fourth-order valence-electron chi connectivity index (χ4n) is 2.56. The minimum atomic E-state index is -4.33. The number of hydrogen-bond acceptors (Lipinski definition) is 1. The molecule has 98 valence electrons. The average Bonchev–Trinajstić information content (AvgIpc) is 2.80. The van der Waals surface area contributed by atoms with E-state index in [-0.39, 0.29) is 17.3 Å². The van der Waals surface area contributed by atoms with Crippen LogP contribution in [0.15, 0.2) is 24.3 Å². The molecule has 0 spiro atoms. The van der Waals surface area contributed by atoms with Gasteiger partial charge in [0.1, 0.15) is 0 Å². The van der Waals surface area contributed by atoms with Crippen LogP contribution in [0.1, 0.15) is 30.9 Å². The fourth-order valence-corrected chi connectivity index (χ4v) is 2.97. The Morgan fingerprint density at radius 1 is 1.22 bits per heavy atom. The van der Waals surface area contributed by atoms with E-state index >= 15 is 0 Å². The number of rotatable bonds is 2. The molecular formula is C13H12ClF3O. The van der Waals surface area contributed by atoms with E-state index in [0.717, 1.165) is 17.7 Å². The summed E-state index contributed by atoms with van der Waals surface area (Å²) in [5, 5.41) is -0.426. The minimum absolute atomic E-state index is 0.0928. The first kappa shape index (κ1) is 13.4. The van der Waals surface area contributed by atoms with Crippen LogP contribution in [0, 0.1) is 11.3 Å². The molecule has 2 rings (SSSR count). The summed E-state index contributed by atoms with van der Waals surface area (Å²) in [5.74, 6) is -0.402. The van der Waals surface area contributed by atoms with Gasteiger partial charge >= 0.3 is 6.18 Å². The predicted molar refractivity (Wildman–Crippen MR) is 62.3 cm³/mol. The van der Waals surface area contributed by atoms with Crippen molar-refractivity contribution in [1.29, 1.82) is 0 Å². The first-order chi connectivity index (χ1) is 8.15. The third-order valence-electron chi connectivity index (χ3n) is 3.67. The number of benzene rings is 1. The quantitative estimate of drug-likeness (QED) is 0.740. The van der Waals surface area contributed by atoms with Crippen LogP contribution in [0.2, 0.25) is 0 Å². The summed E-state index contributed by atoms with van der Waals surface area (Å²) < 4.78 is 37.3. The van der Waals surface area contributed by atoms with Crippen LogP contribution in [0.25, 0.3) is 0 Å². The molecule has 1 aliphatic rings. The smallest absolute Gasteiger partial charge is 0.281 e. The van der Waals surface area contributed by atoms with Gasteiger partial charge in [-0.1, -0.05) is 26.0 Å². The van der Waals surface area contributed by atoms with Crippen molar-refractivity contribution in [2.75, 3.05) is 0 Å². The Morgan fingerprint density at radius 2 is 1.72 bits per heavy atom. The molecule has 0 bridgehead atoms. The Kier molecular flexibility index (Phi) is 2.97. The molecule has 1 aromatic rings. The lowest BCUT2D eigenvalue weighted by Gasteiger charge is -2.08. The number of carbonyl (C=O) groups is 1. The van der Waals surface area contributed by atoms with Crippen LogP contribution in [0.3, 0.4) is 0 Å². The summed E-state index contributed by atoms with van der Waals surface area (Å²) in [6, 6.07) is 4.93. The molecule has 0 amide bonds. The normalized spacial score (nSPS) is 25.9. The van der Waals surface area contributed by atoms with E-state index in [4.69, 9.17) is 11.6 Å². The van der Waals surface area contributed by atoms with Crippen molar-refractivity contribution in [3.63, 3.8) is 0 Å². The van der Waals surface area contributed by atoms with Crippen LogP contribution < -0.4 is 0 Å². The first-order valence-electron chi connectivity index (χ1n) is 5.52. The molecule has 1 aromatic carbocycles. The predicted octanol–water partition coefficient (Wildman–Crippen LogP) is 4.21. The Morgan fingerprint density at radius 3 is 2.06 bits per heavy atom. The highest BCUT2D eigenvalue weighted by Crippen LogP contribution is 2.65. The van der Waals surface area contributed by atoms with Crippen LogP contribution in [-0.2, 0) is 11.0 Å². The highest BCUT2D eigenvalue weighted by atomic mass is 35.5. The fraction of sp³-hybridized carbons (Fsp3) is 0.462. The van der Waals surface area contributed by atoms with Crippen LogP contribution in [0.4, 0.5) is 13.2 Å². The summed E-state index contributed by atoms with van der Waals surface area (Å²) >= 11 is 5.49. The molecule has 0 saturated heterocycles. The minimum Gasteiger partial charge on any atom is -0.281 e. The third-order valence-corrected chi connectivity index (χ3v) is 3.90. The maximum Gasteiger partial charge on any atom is 0.416 e. The third kappa shape index (κ3) is 2.14. The van der Waals surface area contributed by atoms with Gasteiger partial charge in [0.2, 0.25) is 5.24 Å². The van der Waals surface area contributed by atoms with Crippen molar-refractivity contribution in [2.24, 2.45) is 11.3 Å². The second-order valence-electron chi connectivity index (χ2n) is 5.20. The molecule has 1 aliphatic carbocycles. The van der Waals surface area contributed by atoms with E-state index in [9.17, 15) is 18.0 Å². The van der Waals surface area contributed by atoms with Crippen molar-refractivity contribution >= 4 is 16.8 Å². The molecule has 1 fully saturated rings. The van der Waals surface area contributed by atoms with Crippen molar-refractivity contribution in [1.82, 2.24) is 0 Å². The van der Waals surface area contributed by atoms with Crippen molar-refractivity contribution in [2.45, 2.75) is 25.9 Å². The van der Waals surface area contributed by atoms with Gasteiger partial charge in [-0.3, -0.25) is 4.79 Å². The largest absolute Gasteiger partial charge is 0.416 e. The van der Waals surface area contributed by atoms with Crippen LogP contribution in [-0.4, -0.2) is 5.24 Å². The lowest BCUT2D eigenvalue weighted by atomic mass is 10.0. The number of alkyl halides is 3. The molecule has 0 heterocycles. The van der Waals surface area contributed by atoms with Crippen LogP contribution >= 0.6 is 11.6 Å². The van der Waals surface area contributed by atoms with Crippen molar-refractivity contribution in [3.8, 4) is 0 Å². The summed E-state index contributed by atoms with van der Waals surface area (Å²) in [6.45, 7) is 3.78. The number of hydrogen-bond donors (Lipinski definition) is 0. The van der Waals surface area contributed by atoms with Crippen molar-refractivity contribution < 1.29 is 18.0 Å². The molecule has 0 aromatic heterocycles. The Hall–Kier alpha value is -1.03. The Labute approximate surface area is 108 Å². The van der Waals surface area contributed by atoms with Gasteiger partial charge in [-0.05, 0) is 34.7 Å². The van der Waals surface area contributed by atoms with Gasteiger partial charge in [-0.15, -0.1) is 0 Å². The lowest BCUT2D eigenvalue weighted by molar-refractivity contribution is -0.137. The summed E-state index contributed by atoms with van der Waals surface area (Å²) in [6.07, 6.45) is -4.33. The maximum absolute atomic E-state index is 12.4. The SMILES string of the molecule is CC1(C)C(C(=O)Cl)C1c1ccc(C(F)(F)F)cc1.